The summed E-state index contributed by atoms with van der Waals surface area (Å²) in [6.07, 6.45) is 2.16. The van der Waals surface area contributed by atoms with E-state index in [0.717, 1.165) is 0 Å². The normalized spacial score (nSPS) is 15.3. The first-order valence-electron chi connectivity index (χ1n) is 4.61. The molecule has 0 saturated carbocycles. The fourth-order valence-corrected chi connectivity index (χ4v) is 1.16. The molecule has 2 N–H and O–H groups in total. The predicted molar refractivity (Wildman–Crippen MR) is 57.9 cm³/mol. The molecule has 15 heavy (non-hydrogen) atoms. The number of amides is 1. The lowest BCUT2D eigenvalue weighted by Crippen LogP contribution is -2.25. The number of carbonyl (C=O) groups is 1. The molecule has 0 fully saturated rings. The largest absolute Gasteiger partial charge is 0.500 e. The van der Waals surface area contributed by atoms with Gasteiger partial charge in [0.1, 0.15) is 11.9 Å². The number of hydrogen-bond acceptors (Lipinski definition) is 4. The van der Waals surface area contributed by atoms with Crippen LogP contribution in [0, 0.1) is 11.3 Å². The van der Waals surface area contributed by atoms with Crippen molar-refractivity contribution in [3.63, 3.8) is 0 Å². The molecule has 5 heteroatoms. The molecule has 0 aliphatic carbocycles. The molecular formula is C10H18N2O3. The monoisotopic (exact) mass is 214 g/mol. The van der Waals surface area contributed by atoms with Gasteiger partial charge in [-0.25, -0.2) is 0 Å². The van der Waals surface area contributed by atoms with E-state index in [1.807, 2.05) is 6.92 Å². The van der Waals surface area contributed by atoms with Crippen molar-refractivity contribution in [2.24, 2.45) is 5.92 Å². The summed E-state index contributed by atoms with van der Waals surface area (Å²) in [6.45, 7) is 1.83. The summed E-state index contributed by atoms with van der Waals surface area (Å²) in [7, 11) is 4.54. The molecule has 0 aromatic heterocycles. The first-order chi connectivity index (χ1) is 7.10. The maximum atomic E-state index is 11.1. The summed E-state index contributed by atoms with van der Waals surface area (Å²) < 4.78 is 10.1. The smallest absolute Gasteiger partial charge is 0.247 e. The van der Waals surface area contributed by atoms with Gasteiger partial charge in [-0.05, 0) is 0 Å². The van der Waals surface area contributed by atoms with Crippen molar-refractivity contribution in [1.29, 1.82) is 5.41 Å². The third-order valence-corrected chi connectivity index (χ3v) is 2.13. The van der Waals surface area contributed by atoms with Crippen LogP contribution < -0.4 is 5.32 Å². The highest BCUT2D eigenvalue weighted by molar-refractivity contribution is 5.87. The average Bonchev–Trinajstić information content (AvgIpc) is 2.26. The van der Waals surface area contributed by atoms with Gasteiger partial charge in [-0.1, -0.05) is 6.92 Å². The Morgan fingerprint density at radius 2 is 2.07 bits per heavy atom. The molecule has 2 unspecified atom stereocenters. The summed E-state index contributed by atoms with van der Waals surface area (Å²) in [5.74, 6) is 0.0815. The molecule has 0 heterocycles. The third-order valence-electron chi connectivity index (χ3n) is 2.13. The Morgan fingerprint density at radius 1 is 1.47 bits per heavy atom. The quantitative estimate of drug-likeness (QED) is 0.385. The Morgan fingerprint density at radius 3 is 2.40 bits per heavy atom. The zero-order valence-corrected chi connectivity index (χ0v) is 9.53. The summed E-state index contributed by atoms with van der Waals surface area (Å²) in [4.78, 5) is 11.1. The Kier molecular flexibility index (Phi) is 6.37. The zero-order valence-electron chi connectivity index (χ0n) is 9.53. The summed E-state index contributed by atoms with van der Waals surface area (Å²) in [6, 6.07) is 0. The van der Waals surface area contributed by atoms with Crippen molar-refractivity contribution in [2.75, 3.05) is 21.3 Å². The Balaban J connectivity index is 4.72. The predicted octanol–water partition coefficient (Wildman–Crippen LogP) is 0.563. The second-order valence-corrected chi connectivity index (χ2v) is 3.02. The molecule has 0 spiro atoms. The van der Waals surface area contributed by atoms with Gasteiger partial charge in [0.25, 0.3) is 0 Å². The summed E-state index contributed by atoms with van der Waals surface area (Å²) in [5, 5.41) is 9.62. The number of ether oxygens (including phenoxy) is 2. The summed E-state index contributed by atoms with van der Waals surface area (Å²) >= 11 is 0. The van der Waals surface area contributed by atoms with E-state index in [1.165, 1.54) is 26.5 Å². The molecule has 0 bridgehead atoms. The van der Waals surface area contributed by atoms with Crippen LogP contribution in [0.5, 0.6) is 0 Å². The van der Waals surface area contributed by atoms with Crippen LogP contribution >= 0.6 is 0 Å². The maximum absolute atomic E-state index is 11.1. The molecule has 2 atom stereocenters. The van der Waals surface area contributed by atoms with Gasteiger partial charge in [0, 0.05) is 32.4 Å². The van der Waals surface area contributed by atoms with Crippen LogP contribution in [0.4, 0.5) is 0 Å². The number of methoxy groups -OCH3 is 2. The van der Waals surface area contributed by atoms with Crippen molar-refractivity contribution >= 4 is 12.1 Å². The molecule has 0 rings (SSSR count). The minimum absolute atomic E-state index is 0.171. The van der Waals surface area contributed by atoms with E-state index in [4.69, 9.17) is 14.9 Å². The van der Waals surface area contributed by atoms with Gasteiger partial charge in [-0.2, -0.15) is 0 Å². The zero-order chi connectivity index (χ0) is 11.8. The van der Waals surface area contributed by atoms with Crippen LogP contribution in [0.15, 0.2) is 11.8 Å². The lowest BCUT2D eigenvalue weighted by atomic mass is 10.0. The van der Waals surface area contributed by atoms with Gasteiger partial charge < -0.3 is 20.2 Å². The van der Waals surface area contributed by atoms with Gasteiger partial charge in [-0.15, -0.1) is 0 Å². The number of carbonyl (C=O) groups excluding carboxylic acids is 1. The van der Waals surface area contributed by atoms with Crippen molar-refractivity contribution in [2.45, 2.75) is 13.0 Å². The molecule has 0 aromatic carbocycles. The van der Waals surface area contributed by atoms with E-state index in [9.17, 15) is 4.79 Å². The van der Waals surface area contributed by atoms with Crippen molar-refractivity contribution in [3.8, 4) is 0 Å². The molecule has 0 aliphatic heterocycles. The van der Waals surface area contributed by atoms with Crippen LogP contribution in [0.3, 0.4) is 0 Å². The first-order valence-corrected chi connectivity index (χ1v) is 4.61. The maximum Gasteiger partial charge on any atom is 0.247 e. The highest BCUT2D eigenvalue weighted by Crippen LogP contribution is 2.16. The second kappa shape index (κ2) is 7.00. The van der Waals surface area contributed by atoms with Gasteiger partial charge >= 0.3 is 0 Å². The van der Waals surface area contributed by atoms with E-state index in [-0.39, 0.29) is 17.9 Å². The highest BCUT2D eigenvalue weighted by atomic mass is 16.5. The summed E-state index contributed by atoms with van der Waals surface area (Å²) in [5.41, 5.74) is 0. The van der Waals surface area contributed by atoms with E-state index >= 15 is 0 Å². The van der Waals surface area contributed by atoms with Crippen molar-refractivity contribution in [3.05, 3.63) is 11.8 Å². The van der Waals surface area contributed by atoms with E-state index < -0.39 is 0 Å². The van der Waals surface area contributed by atoms with Crippen LogP contribution in [0.25, 0.3) is 0 Å². The lowest BCUT2D eigenvalue weighted by molar-refractivity contribution is -0.116. The Labute approximate surface area is 90.0 Å². The number of hydrogen-bond donors (Lipinski definition) is 2. The Bertz CT molecular complexity index is 251. The molecule has 86 valence electrons. The van der Waals surface area contributed by atoms with Gasteiger partial charge in [0.2, 0.25) is 5.91 Å². The number of likely N-dealkylation sites (N-methyl/N-ethyl adjacent to an activating group) is 1. The second-order valence-electron chi connectivity index (χ2n) is 3.02. The van der Waals surface area contributed by atoms with Gasteiger partial charge in [0.15, 0.2) is 0 Å². The standard InChI is InChI=1S/C10H18N2O3/c1-7(9(6-11)15-4)8(14-3)5-10(13)12-2/h5-7,9,11H,1-4H3,(H,12,13)/b8-5+,11-6?. The Hall–Kier alpha value is -1.36. The number of rotatable bonds is 6. The van der Waals surface area contributed by atoms with E-state index in [2.05, 4.69) is 5.32 Å². The first kappa shape index (κ1) is 13.6. The fourth-order valence-electron chi connectivity index (χ4n) is 1.16. The minimum atomic E-state index is -0.388. The SMILES string of the molecule is CNC(=O)/C=C(/OC)C(C)C(C=N)OC. The van der Waals surface area contributed by atoms with Crippen LogP contribution in [0.2, 0.25) is 0 Å². The van der Waals surface area contributed by atoms with Gasteiger partial charge in [0.05, 0.1) is 7.11 Å². The van der Waals surface area contributed by atoms with Crippen molar-refractivity contribution in [1.82, 2.24) is 5.32 Å². The third kappa shape index (κ3) is 4.12. The van der Waals surface area contributed by atoms with Crippen LogP contribution in [-0.2, 0) is 14.3 Å². The topological polar surface area (TPSA) is 71.4 Å². The average molecular weight is 214 g/mol. The lowest BCUT2D eigenvalue weighted by Gasteiger charge is -2.20. The fraction of sp³-hybridized carbons (Fsp3) is 0.600. The van der Waals surface area contributed by atoms with Crippen LogP contribution in [0.1, 0.15) is 6.92 Å². The van der Waals surface area contributed by atoms with Crippen molar-refractivity contribution < 1.29 is 14.3 Å². The molecule has 0 aliphatic rings. The molecule has 0 saturated heterocycles. The molecule has 5 nitrogen and oxygen atoms in total. The highest BCUT2D eigenvalue weighted by Gasteiger charge is 2.20. The van der Waals surface area contributed by atoms with E-state index in [0.29, 0.717) is 5.76 Å². The molecule has 1 amide bonds. The number of nitrogens with one attached hydrogen (secondary N) is 2. The van der Waals surface area contributed by atoms with E-state index in [1.54, 1.807) is 7.05 Å². The van der Waals surface area contributed by atoms with Crippen LogP contribution in [-0.4, -0.2) is 39.5 Å². The molecule has 0 aromatic rings. The molecule has 0 radical (unpaired) electrons. The molecular weight excluding hydrogens is 196 g/mol. The van der Waals surface area contributed by atoms with Gasteiger partial charge in [-0.3, -0.25) is 4.79 Å². The minimum Gasteiger partial charge on any atom is -0.500 e.